The summed E-state index contributed by atoms with van der Waals surface area (Å²) in [6.45, 7) is 0.172. The number of benzene rings is 4. The number of nitrogens with one attached hydrogen (secondary N) is 1. The number of aromatic nitrogens is 5. The lowest BCUT2D eigenvalue weighted by atomic mass is 9.85. The minimum atomic E-state index is -1.09. The molecular formula is C34H25ClFN7O4. The van der Waals surface area contributed by atoms with Gasteiger partial charge in [-0.1, -0.05) is 53.2 Å². The van der Waals surface area contributed by atoms with Crippen molar-refractivity contribution in [1.82, 2.24) is 29.7 Å². The van der Waals surface area contributed by atoms with E-state index in [0.717, 1.165) is 32.3 Å². The number of fused-ring (bicyclic) bond motifs is 2. The number of hydrogen-bond acceptors (Lipinski definition) is 6. The highest BCUT2D eigenvalue weighted by atomic mass is 35.5. The van der Waals surface area contributed by atoms with Crippen molar-refractivity contribution in [2.24, 2.45) is 7.05 Å². The number of carbonyl (C=O) groups excluding carboxylic acids is 2. The number of nitrogens with zero attached hydrogens (tertiary/aromatic N) is 6. The maximum atomic E-state index is 14.7. The number of carboxylic acid groups (broad SMARTS) is 1. The SMILES string of the molecule is Cn1ncc2ccc(-c3cccc4c3CCN(C(=O)c3cn(-c5cccc(Cl)c5F)nn3)C4C(=O)Nc3ccc(C(=O)O)cc3)cc21. The Morgan fingerprint density at radius 1 is 1.02 bits per heavy atom. The third-order valence-electron chi connectivity index (χ3n) is 8.28. The molecule has 6 aromatic rings. The van der Waals surface area contributed by atoms with Gasteiger partial charge in [0, 0.05) is 24.7 Å². The summed E-state index contributed by atoms with van der Waals surface area (Å²) in [5.41, 5.74) is 4.69. The zero-order valence-corrected chi connectivity index (χ0v) is 25.5. The fourth-order valence-corrected chi connectivity index (χ4v) is 6.13. The molecule has 2 aromatic heterocycles. The van der Waals surface area contributed by atoms with Gasteiger partial charge in [0.15, 0.2) is 11.5 Å². The van der Waals surface area contributed by atoms with Gasteiger partial charge in [0.25, 0.3) is 11.8 Å². The van der Waals surface area contributed by atoms with Gasteiger partial charge in [0.2, 0.25) is 0 Å². The van der Waals surface area contributed by atoms with E-state index < -0.39 is 29.6 Å². The second kappa shape index (κ2) is 11.8. The first-order valence-corrected chi connectivity index (χ1v) is 14.9. The van der Waals surface area contributed by atoms with Gasteiger partial charge >= 0.3 is 5.97 Å². The second-order valence-corrected chi connectivity index (χ2v) is 11.5. The normalized spacial score (nSPS) is 14.2. The first-order valence-electron chi connectivity index (χ1n) is 14.6. The fourth-order valence-electron chi connectivity index (χ4n) is 5.96. The molecule has 2 N–H and O–H groups in total. The molecule has 3 heterocycles. The molecule has 0 aliphatic carbocycles. The van der Waals surface area contributed by atoms with Gasteiger partial charge in [0.05, 0.1) is 28.5 Å². The van der Waals surface area contributed by atoms with E-state index in [4.69, 9.17) is 11.6 Å². The lowest BCUT2D eigenvalue weighted by Gasteiger charge is -2.37. The van der Waals surface area contributed by atoms with Gasteiger partial charge in [-0.3, -0.25) is 14.3 Å². The molecule has 13 heteroatoms. The van der Waals surface area contributed by atoms with Crippen LogP contribution in [0.3, 0.4) is 0 Å². The summed E-state index contributed by atoms with van der Waals surface area (Å²) >= 11 is 5.95. The summed E-state index contributed by atoms with van der Waals surface area (Å²) < 4.78 is 17.6. The van der Waals surface area contributed by atoms with Crippen molar-refractivity contribution in [2.45, 2.75) is 12.5 Å². The molecule has 7 rings (SSSR count). The smallest absolute Gasteiger partial charge is 0.335 e. The van der Waals surface area contributed by atoms with Crippen molar-refractivity contribution >= 4 is 46.0 Å². The van der Waals surface area contributed by atoms with Crippen LogP contribution >= 0.6 is 11.6 Å². The Morgan fingerprint density at radius 3 is 2.60 bits per heavy atom. The maximum absolute atomic E-state index is 14.7. The quantitative estimate of drug-likeness (QED) is 0.237. The molecule has 1 aliphatic heterocycles. The third kappa shape index (κ3) is 5.38. The van der Waals surface area contributed by atoms with Crippen LogP contribution in [0.2, 0.25) is 5.02 Å². The number of carboxylic acids is 1. The van der Waals surface area contributed by atoms with Crippen molar-refractivity contribution in [1.29, 1.82) is 0 Å². The number of aromatic carboxylic acids is 1. The molecule has 0 saturated heterocycles. The molecule has 1 aliphatic rings. The molecule has 47 heavy (non-hydrogen) atoms. The fraction of sp³-hybridized carbons (Fsp3) is 0.118. The van der Waals surface area contributed by atoms with Crippen LogP contribution in [0.5, 0.6) is 0 Å². The molecule has 2 amide bonds. The van der Waals surface area contributed by atoms with Gasteiger partial charge in [-0.2, -0.15) is 5.10 Å². The van der Waals surface area contributed by atoms with Crippen LogP contribution in [-0.2, 0) is 18.3 Å². The molecule has 0 fully saturated rings. The molecule has 0 radical (unpaired) electrons. The highest BCUT2D eigenvalue weighted by Crippen LogP contribution is 2.38. The Balaban J connectivity index is 1.28. The van der Waals surface area contributed by atoms with Gasteiger partial charge in [0.1, 0.15) is 11.7 Å². The van der Waals surface area contributed by atoms with Crippen LogP contribution in [0.4, 0.5) is 10.1 Å². The molecule has 0 spiro atoms. The summed E-state index contributed by atoms with van der Waals surface area (Å²) in [5, 5.41) is 25.3. The summed E-state index contributed by atoms with van der Waals surface area (Å²) in [6.07, 6.45) is 3.53. The lowest BCUT2D eigenvalue weighted by molar-refractivity contribution is -0.121. The number of amides is 2. The Labute approximate surface area is 271 Å². The van der Waals surface area contributed by atoms with E-state index in [0.29, 0.717) is 17.7 Å². The van der Waals surface area contributed by atoms with Gasteiger partial charge < -0.3 is 15.3 Å². The highest BCUT2D eigenvalue weighted by molar-refractivity contribution is 6.30. The lowest BCUT2D eigenvalue weighted by Crippen LogP contribution is -2.45. The highest BCUT2D eigenvalue weighted by Gasteiger charge is 2.38. The first-order chi connectivity index (χ1) is 22.7. The molecule has 0 bridgehead atoms. The third-order valence-corrected chi connectivity index (χ3v) is 8.57. The number of carbonyl (C=O) groups is 3. The average molecular weight is 650 g/mol. The standard InChI is InChI=1S/C34H25ClFN7O4/c1-41-29-16-20(8-9-21(29)17-37-41)23-4-2-5-25-24(23)14-15-42(31(25)32(44)38-22-12-10-19(11-13-22)34(46)47)33(45)27-18-43(40-39-27)28-7-3-6-26(35)30(28)36/h2-13,16-18,31H,14-15H2,1H3,(H,38,44)(H,46,47). The Kier molecular flexibility index (Phi) is 7.49. The minimum absolute atomic E-state index is 0.0159. The number of rotatable bonds is 6. The first kappa shape index (κ1) is 29.8. The number of halogens is 2. The summed E-state index contributed by atoms with van der Waals surface area (Å²) in [6, 6.07) is 20.8. The van der Waals surface area contributed by atoms with Gasteiger partial charge in [-0.25, -0.2) is 13.9 Å². The van der Waals surface area contributed by atoms with Crippen molar-refractivity contribution in [3.63, 3.8) is 0 Å². The van der Waals surface area contributed by atoms with Crippen LogP contribution < -0.4 is 5.32 Å². The number of anilines is 1. The Bertz CT molecular complexity index is 2210. The Hall–Kier alpha value is -5.88. The average Bonchev–Trinajstić information content (AvgIpc) is 3.72. The van der Waals surface area contributed by atoms with Gasteiger partial charge in [-0.05, 0) is 71.1 Å². The van der Waals surface area contributed by atoms with Crippen molar-refractivity contribution in [3.05, 3.63) is 124 Å². The van der Waals surface area contributed by atoms with E-state index in [1.165, 1.54) is 47.5 Å². The van der Waals surface area contributed by atoms with Crippen molar-refractivity contribution in [2.75, 3.05) is 11.9 Å². The van der Waals surface area contributed by atoms with E-state index in [9.17, 15) is 23.9 Å². The van der Waals surface area contributed by atoms with E-state index in [1.54, 1.807) is 16.9 Å². The zero-order chi connectivity index (χ0) is 32.8. The molecule has 0 saturated carbocycles. The molecule has 11 nitrogen and oxygen atoms in total. The van der Waals surface area contributed by atoms with Crippen molar-refractivity contribution < 1.29 is 23.9 Å². The molecule has 234 valence electrons. The summed E-state index contributed by atoms with van der Waals surface area (Å²) in [4.78, 5) is 40.9. The number of aryl methyl sites for hydroxylation is 1. The summed E-state index contributed by atoms with van der Waals surface area (Å²) in [7, 11) is 1.87. The largest absolute Gasteiger partial charge is 0.478 e. The van der Waals surface area contributed by atoms with E-state index in [-0.39, 0.29) is 28.5 Å². The van der Waals surface area contributed by atoms with E-state index in [2.05, 4.69) is 20.7 Å². The van der Waals surface area contributed by atoms with Crippen LogP contribution in [0.15, 0.2) is 91.3 Å². The van der Waals surface area contributed by atoms with Gasteiger partial charge in [-0.15, -0.1) is 5.10 Å². The molecular weight excluding hydrogens is 625 g/mol. The predicted octanol–water partition coefficient (Wildman–Crippen LogP) is 5.69. The monoisotopic (exact) mass is 649 g/mol. The summed E-state index contributed by atoms with van der Waals surface area (Å²) in [5.74, 6) is -2.89. The molecule has 1 unspecified atom stereocenters. The van der Waals surface area contributed by atoms with Crippen LogP contribution in [0.1, 0.15) is 38.0 Å². The number of hydrogen-bond donors (Lipinski definition) is 2. The minimum Gasteiger partial charge on any atom is -0.478 e. The van der Waals surface area contributed by atoms with E-state index in [1.807, 2.05) is 43.4 Å². The van der Waals surface area contributed by atoms with Crippen molar-refractivity contribution in [3.8, 4) is 16.8 Å². The Morgan fingerprint density at radius 2 is 1.81 bits per heavy atom. The second-order valence-electron chi connectivity index (χ2n) is 11.1. The van der Waals surface area contributed by atoms with Crippen LogP contribution in [-0.4, -0.2) is 59.1 Å². The zero-order valence-electron chi connectivity index (χ0n) is 24.8. The topological polar surface area (TPSA) is 135 Å². The molecule has 4 aromatic carbocycles. The van der Waals surface area contributed by atoms with Crippen LogP contribution in [0, 0.1) is 5.82 Å². The molecule has 1 atom stereocenters. The van der Waals surface area contributed by atoms with Crippen LogP contribution in [0.25, 0.3) is 27.7 Å². The maximum Gasteiger partial charge on any atom is 0.335 e. The predicted molar refractivity (Wildman–Crippen MR) is 172 cm³/mol. The van der Waals surface area contributed by atoms with E-state index >= 15 is 0 Å².